The van der Waals surface area contributed by atoms with Crippen molar-refractivity contribution in [1.29, 1.82) is 0 Å². The number of sulfonamides is 1. The van der Waals surface area contributed by atoms with Gasteiger partial charge in [0.25, 0.3) is 0 Å². The third-order valence-electron chi connectivity index (χ3n) is 6.74. The summed E-state index contributed by atoms with van der Waals surface area (Å²) < 4.78 is 27.7. The predicted molar refractivity (Wildman–Crippen MR) is 118 cm³/mol. The molecule has 3 aliphatic rings. The molecule has 1 aromatic rings. The zero-order chi connectivity index (χ0) is 22.2. The van der Waals surface area contributed by atoms with E-state index < -0.39 is 16.1 Å². The average Bonchev–Trinajstić information content (AvgIpc) is 3.18. The highest BCUT2D eigenvalue weighted by Gasteiger charge is 2.40. The molecule has 1 atom stereocenters. The Morgan fingerprint density at radius 2 is 1.68 bits per heavy atom. The quantitative estimate of drug-likeness (QED) is 0.694. The molecule has 9 heteroatoms. The molecule has 0 unspecified atom stereocenters. The number of benzene rings is 1. The van der Waals surface area contributed by atoms with Crippen molar-refractivity contribution < 1.29 is 18.0 Å². The lowest BCUT2D eigenvalue weighted by Gasteiger charge is -2.36. The Labute approximate surface area is 184 Å². The third kappa shape index (κ3) is 4.23. The van der Waals surface area contributed by atoms with Crippen LogP contribution in [0.2, 0.25) is 0 Å². The van der Waals surface area contributed by atoms with Gasteiger partial charge in [0.05, 0.1) is 4.90 Å². The summed E-state index contributed by atoms with van der Waals surface area (Å²) in [6.07, 6.45) is 3.17. The van der Waals surface area contributed by atoms with Crippen LogP contribution in [0, 0.1) is 0 Å². The van der Waals surface area contributed by atoms with Gasteiger partial charge < -0.3 is 9.80 Å². The SMILES string of the molecule is CCN1CCN(C(=O)[C@@H]2Cc3cc(S(=O)(=O)N4CCCCC4)ccc3N2C(C)=O)CC1. The van der Waals surface area contributed by atoms with Crippen molar-refractivity contribution in [2.24, 2.45) is 0 Å². The molecule has 0 aromatic heterocycles. The second kappa shape index (κ2) is 8.88. The van der Waals surface area contributed by atoms with Gasteiger partial charge in [0.15, 0.2) is 0 Å². The van der Waals surface area contributed by atoms with Crippen LogP contribution in [0.5, 0.6) is 0 Å². The zero-order valence-corrected chi connectivity index (χ0v) is 19.2. The topological polar surface area (TPSA) is 81.2 Å². The molecule has 0 radical (unpaired) electrons. The maximum absolute atomic E-state index is 13.3. The smallest absolute Gasteiger partial charge is 0.246 e. The van der Waals surface area contributed by atoms with Crippen LogP contribution in [-0.4, -0.2) is 86.2 Å². The number of likely N-dealkylation sites (N-methyl/N-ethyl adjacent to an activating group) is 1. The highest BCUT2D eigenvalue weighted by atomic mass is 32.2. The summed E-state index contributed by atoms with van der Waals surface area (Å²) in [5.74, 6) is -0.251. The van der Waals surface area contributed by atoms with Crippen molar-refractivity contribution in [2.45, 2.75) is 50.5 Å². The molecular formula is C22H32N4O4S. The van der Waals surface area contributed by atoms with Crippen LogP contribution >= 0.6 is 0 Å². The van der Waals surface area contributed by atoms with E-state index in [4.69, 9.17) is 0 Å². The summed E-state index contributed by atoms with van der Waals surface area (Å²) in [4.78, 5) is 31.7. The first-order valence-corrected chi connectivity index (χ1v) is 12.7. The third-order valence-corrected chi connectivity index (χ3v) is 8.64. The summed E-state index contributed by atoms with van der Waals surface area (Å²) in [6.45, 7) is 8.60. The van der Waals surface area contributed by atoms with Crippen LogP contribution in [0.15, 0.2) is 23.1 Å². The Kier molecular flexibility index (Phi) is 6.37. The van der Waals surface area contributed by atoms with Crippen LogP contribution in [0.1, 0.15) is 38.7 Å². The number of anilines is 1. The fourth-order valence-corrected chi connectivity index (χ4v) is 6.49. The largest absolute Gasteiger partial charge is 0.338 e. The standard InChI is InChI=1S/C22H32N4O4S/c1-3-23-11-13-24(14-12-23)22(28)21-16-18-15-19(7-8-20(18)26(21)17(2)27)31(29,30)25-9-5-4-6-10-25/h7-8,15,21H,3-6,9-14,16H2,1-2H3/t21-/m0/s1. The molecule has 2 fully saturated rings. The lowest BCUT2D eigenvalue weighted by Crippen LogP contribution is -2.55. The van der Waals surface area contributed by atoms with E-state index in [1.165, 1.54) is 6.92 Å². The van der Waals surface area contributed by atoms with Gasteiger partial charge in [-0.15, -0.1) is 0 Å². The first-order chi connectivity index (χ1) is 14.8. The summed E-state index contributed by atoms with van der Waals surface area (Å²) >= 11 is 0. The van der Waals surface area contributed by atoms with Gasteiger partial charge in [-0.2, -0.15) is 4.31 Å². The Bertz CT molecular complexity index is 950. The summed E-state index contributed by atoms with van der Waals surface area (Å²) in [5.41, 5.74) is 1.40. The van der Waals surface area contributed by atoms with E-state index in [0.29, 0.717) is 38.3 Å². The van der Waals surface area contributed by atoms with E-state index in [-0.39, 0.29) is 16.7 Å². The van der Waals surface area contributed by atoms with E-state index in [9.17, 15) is 18.0 Å². The molecule has 3 heterocycles. The Balaban J connectivity index is 1.57. The van der Waals surface area contributed by atoms with Crippen LogP contribution in [0.4, 0.5) is 5.69 Å². The number of hydrogen-bond donors (Lipinski definition) is 0. The molecular weight excluding hydrogens is 416 g/mol. The van der Waals surface area contributed by atoms with Crippen molar-refractivity contribution in [2.75, 3.05) is 50.7 Å². The van der Waals surface area contributed by atoms with E-state index in [1.54, 1.807) is 27.4 Å². The average molecular weight is 449 g/mol. The highest BCUT2D eigenvalue weighted by molar-refractivity contribution is 7.89. The van der Waals surface area contributed by atoms with E-state index >= 15 is 0 Å². The van der Waals surface area contributed by atoms with Gasteiger partial charge in [-0.05, 0) is 43.1 Å². The first kappa shape index (κ1) is 22.2. The molecule has 2 saturated heterocycles. The van der Waals surface area contributed by atoms with Crippen LogP contribution in [0.25, 0.3) is 0 Å². The number of fused-ring (bicyclic) bond motifs is 1. The van der Waals surface area contributed by atoms with Gasteiger partial charge in [-0.25, -0.2) is 8.42 Å². The van der Waals surface area contributed by atoms with E-state index in [1.807, 2.05) is 4.90 Å². The lowest BCUT2D eigenvalue weighted by molar-refractivity contribution is -0.135. The predicted octanol–water partition coefficient (Wildman–Crippen LogP) is 1.30. The van der Waals surface area contributed by atoms with Crippen molar-refractivity contribution in [3.63, 3.8) is 0 Å². The van der Waals surface area contributed by atoms with Gasteiger partial charge in [-0.1, -0.05) is 13.3 Å². The van der Waals surface area contributed by atoms with E-state index in [2.05, 4.69) is 11.8 Å². The monoisotopic (exact) mass is 448 g/mol. The summed E-state index contributed by atoms with van der Waals surface area (Å²) in [5, 5.41) is 0. The molecule has 31 heavy (non-hydrogen) atoms. The van der Waals surface area contributed by atoms with Crippen molar-refractivity contribution in [3.8, 4) is 0 Å². The molecule has 4 rings (SSSR count). The molecule has 170 valence electrons. The second-order valence-electron chi connectivity index (χ2n) is 8.62. The maximum Gasteiger partial charge on any atom is 0.246 e. The van der Waals surface area contributed by atoms with Gasteiger partial charge in [0, 0.05) is 58.3 Å². The Morgan fingerprint density at radius 3 is 2.29 bits per heavy atom. The van der Waals surface area contributed by atoms with Crippen molar-refractivity contribution in [3.05, 3.63) is 23.8 Å². The Morgan fingerprint density at radius 1 is 1.00 bits per heavy atom. The number of carbonyl (C=O) groups excluding carboxylic acids is 2. The highest BCUT2D eigenvalue weighted by Crippen LogP contribution is 2.36. The molecule has 3 aliphatic heterocycles. The zero-order valence-electron chi connectivity index (χ0n) is 18.4. The normalized spacial score (nSPS) is 23.1. The van der Waals surface area contributed by atoms with Gasteiger partial charge in [0.2, 0.25) is 21.8 Å². The summed E-state index contributed by atoms with van der Waals surface area (Å²) in [6, 6.07) is 4.33. The first-order valence-electron chi connectivity index (χ1n) is 11.3. The van der Waals surface area contributed by atoms with E-state index in [0.717, 1.165) is 44.5 Å². The molecule has 8 nitrogen and oxygen atoms in total. The minimum atomic E-state index is -3.56. The van der Waals surface area contributed by atoms with Crippen molar-refractivity contribution in [1.82, 2.24) is 14.1 Å². The minimum Gasteiger partial charge on any atom is -0.338 e. The number of nitrogens with zero attached hydrogens (tertiary/aromatic N) is 4. The second-order valence-corrected chi connectivity index (χ2v) is 10.6. The summed E-state index contributed by atoms with van der Waals surface area (Å²) in [7, 11) is -3.56. The van der Waals surface area contributed by atoms with Crippen molar-refractivity contribution >= 4 is 27.5 Å². The molecule has 0 saturated carbocycles. The number of hydrogen-bond acceptors (Lipinski definition) is 5. The number of amides is 2. The minimum absolute atomic E-state index is 0.0532. The number of carbonyl (C=O) groups is 2. The van der Waals surface area contributed by atoms with Crippen LogP contribution in [0.3, 0.4) is 0 Å². The fourth-order valence-electron chi connectivity index (χ4n) is 4.92. The molecule has 2 amide bonds. The Hall–Kier alpha value is -1.97. The molecule has 0 aliphatic carbocycles. The molecule has 0 N–H and O–H groups in total. The molecule has 0 bridgehead atoms. The molecule has 1 aromatic carbocycles. The van der Waals surface area contributed by atoms with Gasteiger partial charge >= 0.3 is 0 Å². The fraction of sp³-hybridized carbons (Fsp3) is 0.636. The van der Waals surface area contributed by atoms with Crippen LogP contribution in [-0.2, 0) is 26.0 Å². The van der Waals surface area contributed by atoms with Gasteiger partial charge in [-0.3, -0.25) is 14.5 Å². The maximum atomic E-state index is 13.3. The van der Waals surface area contributed by atoms with Crippen LogP contribution < -0.4 is 4.90 Å². The van der Waals surface area contributed by atoms with Gasteiger partial charge in [0.1, 0.15) is 6.04 Å². The number of piperidine rings is 1. The number of rotatable bonds is 4. The molecule has 0 spiro atoms. The number of piperazine rings is 1. The lowest BCUT2D eigenvalue weighted by atomic mass is 10.1.